The van der Waals surface area contributed by atoms with Crippen molar-refractivity contribution < 1.29 is 4.79 Å². The van der Waals surface area contributed by atoms with Crippen molar-refractivity contribution >= 4 is 34.4 Å². The number of carbonyl (C=O) groups excluding carboxylic acids is 1. The fourth-order valence-corrected chi connectivity index (χ4v) is 4.35. The van der Waals surface area contributed by atoms with Gasteiger partial charge in [-0.3, -0.25) is 14.2 Å². The first-order valence-electron chi connectivity index (χ1n) is 10.5. The van der Waals surface area contributed by atoms with Gasteiger partial charge in [-0.05, 0) is 49.4 Å². The molecule has 0 bridgehead atoms. The SMILES string of the molecule is NCCCNc1cc(-n2ccccc2=O)ccc1-n1cc(CCC(=O)c2ccc(Cl)s2)nn1. The molecule has 3 N–H and O–H groups in total. The third-order valence-electron chi connectivity index (χ3n) is 5.02. The maximum absolute atomic E-state index is 12.4. The number of anilines is 1. The van der Waals surface area contributed by atoms with Crippen molar-refractivity contribution in [3.05, 3.63) is 86.2 Å². The van der Waals surface area contributed by atoms with Gasteiger partial charge in [0.05, 0.1) is 38.2 Å². The number of rotatable bonds is 10. The molecule has 0 saturated heterocycles. The summed E-state index contributed by atoms with van der Waals surface area (Å²) >= 11 is 7.20. The van der Waals surface area contributed by atoms with Crippen molar-refractivity contribution in [1.29, 1.82) is 0 Å². The summed E-state index contributed by atoms with van der Waals surface area (Å²) in [6, 6.07) is 14.2. The molecule has 0 fully saturated rings. The van der Waals surface area contributed by atoms with Crippen LogP contribution in [0.15, 0.2) is 65.7 Å². The monoisotopic (exact) mass is 482 g/mol. The molecule has 0 aliphatic heterocycles. The summed E-state index contributed by atoms with van der Waals surface area (Å²) in [4.78, 5) is 25.2. The van der Waals surface area contributed by atoms with E-state index in [1.165, 1.54) is 17.4 Å². The summed E-state index contributed by atoms with van der Waals surface area (Å²) in [6.07, 6.45) is 5.14. The van der Waals surface area contributed by atoms with Crippen LogP contribution in [-0.2, 0) is 6.42 Å². The molecule has 1 aromatic carbocycles. The Bertz CT molecular complexity index is 1310. The van der Waals surface area contributed by atoms with Crippen LogP contribution in [-0.4, -0.2) is 38.4 Å². The van der Waals surface area contributed by atoms with Gasteiger partial charge in [-0.2, -0.15) is 0 Å². The number of nitrogens with one attached hydrogen (secondary N) is 1. The summed E-state index contributed by atoms with van der Waals surface area (Å²) in [5.74, 6) is 0.0308. The third kappa shape index (κ3) is 5.57. The van der Waals surface area contributed by atoms with Gasteiger partial charge in [0, 0.05) is 31.6 Å². The average Bonchev–Trinajstić information content (AvgIpc) is 3.47. The number of hydrogen-bond acceptors (Lipinski definition) is 7. The van der Waals surface area contributed by atoms with E-state index >= 15 is 0 Å². The number of nitrogens with zero attached hydrogens (tertiary/aromatic N) is 4. The standard InChI is InChI=1S/C23H23ClN6O2S/c24-22-10-9-21(33-22)20(31)8-5-16-15-30(28-27-16)19-7-6-17(14-18(19)26-12-3-11-25)29-13-2-1-4-23(29)32/h1-2,4,6-7,9-10,13-15,26H,3,5,8,11-12,25H2. The van der Waals surface area contributed by atoms with Gasteiger partial charge in [0.15, 0.2) is 5.78 Å². The highest BCUT2D eigenvalue weighted by molar-refractivity contribution is 7.18. The van der Waals surface area contributed by atoms with Gasteiger partial charge in [-0.25, -0.2) is 4.68 Å². The zero-order valence-electron chi connectivity index (χ0n) is 17.8. The highest BCUT2D eigenvalue weighted by Crippen LogP contribution is 2.25. The molecule has 0 atom stereocenters. The second-order valence-electron chi connectivity index (χ2n) is 7.36. The lowest BCUT2D eigenvalue weighted by Crippen LogP contribution is -2.16. The zero-order valence-corrected chi connectivity index (χ0v) is 19.4. The molecule has 3 aromatic heterocycles. The highest BCUT2D eigenvalue weighted by atomic mass is 35.5. The van der Waals surface area contributed by atoms with E-state index in [-0.39, 0.29) is 11.3 Å². The van der Waals surface area contributed by atoms with E-state index in [9.17, 15) is 9.59 Å². The predicted molar refractivity (Wildman–Crippen MR) is 131 cm³/mol. The van der Waals surface area contributed by atoms with Gasteiger partial charge in [-0.1, -0.05) is 22.9 Å². The molecule has 0 saturated carbocycles. The molecule has 0 spiro atoms. The summed E-state index contributed by atoms with van der Waals surface area (Å²) in [5.41, 5.74) is 8.56. The normalized spacial score (nSPS) is 11.0. The van der Waals surface area contributed by atoms with Crippen molar-refractivity contribution in [1.82, 2.24) is 19.6 Å². The Morgan fingerprint density at radius 3 is 2.82 bits per heavy atom. The van der Waals surface area contributed by atoms with Crippen molar-refractivity contribution in [3.63, 3.8) is 0 Å². The van der Waals surface area contributed by atoms with Crippen molar-refractivity contribution in [2.75, 3.05) is 18.4 Å². The molecule has 3 heterocycles. The molecule has 4 rings (SSSR count). The number of thiophene rings is 1. The first kappa shape index (κ1) is 22.9. The van der Waals surface area contributed by atoms with Crippen LogP contribution in [0.25, 0.3) is 11.4 Å². The second-order valence-corrected chi connectivity index (χ2v) is 9.08. The summed E-state index contributed by atoms with van der Waals surface area (Å²) in [5, 5.41) is 11.9. The molecule has 0 radical (unpaired) electrons. The third-order valence-corrected chi connectivity index (χ3v) is 6.29. The van der Waals surface area contributed by atoms with Crippen molar-refractivity contribution in [2.24, 2.45) is 5.73 Å². The Morgan fingerprint density at radius 1 is 1.18 bits per heavy atom. The van der Waals surface area contributed by atoms with Crippen molar-refractivity contribution in [2.45, 2.75) is 19.3 Å². The minimum atomic E-state index is -0.113. The maximum Gasteiger partial charge on any atom is 0.255 e. The first-order valence-corrected chi connectivity index (χ1v) is 11.7. The van der Waals surface area contributed by atoms with E-state index < -0.39 is 0 Å². The number of hydrogen-bond donors (Lipinski definition) is 2. The Morgan fingerprint density at radius 2 is 2.06 bits per heavy atom. The largest absolute Gasteiger partial charge is 0.383 e. The number of carbonyl (C=O) groups is 1. The van der Waals surface area contributed by atoms with Crippen LogP contribution in [0.4, 0.5) is 5.69 Å². The maximum atomic E-state index is 12.4. The van der Waals surface area contributed by atoms with Crippen molar-refractivity contribution in [3.8, 4) is 11.4 Å². The number of ketones is 1. The first-order chi connectivity index (χ1) is 16.0. The number of benzene rings is 1. The molecular formula is C23H23ClN6O2S. The molecule has 33 heavy (non-hydrogen) atoms. The molecule has 0 aliphatic carbocycles. The Labute approximate surface area is 199 Å². The van der Waals surface area contributed by atoms with Crippen LogP contribution in [0.1, 0.15) is 28.2 Å². The van der Waals surface area contributed by atoms with Gasteiger partial charge in [-0.15, -0.1) is 16.4 Å². The molecule has 8 nitrogen and oxygen atoms in total. The van der Waals surface area contributed by atoms with E-state index in [1.807, 2.05) is 30.5 Å². The predicted octanol–water partition coefficient (Wildman–Crippen LogP) is 3.71. The molecule has 4 aromatic rings. The minimum Gasteiger partial charge on any atom is -0.383 e. The number of halogens is 1. The van der Waals surface area contributed by atoms with Crippen LogP contribution in [0.3, 0.4) is 0 Å². The summed E-state index contributed by atoms with van der Waals surface area (Å²) in [6.45, 7) is 1.24. The second kappa shape index (κ2) is 10.6. The Hall–Kier alpha value is -3.27. The van der Waals surface area contributed by atoms with Gasteiger partial charge >= 0.3 is 0 Å². The van der Waals surface area contributed by atoms with E-state index in [2.05, 4.69) is 15.6 Å². The average molecular weight is 483 g/mol. The minimum absolute atomic E-state index is 0.0308. The topological polar surface area (TPSA) is 108 Å². The van der Waals surface area contributed by atoms with Gasteiger partial charge in [0.2, 0.25) is 0 Å². The smallest absolute Gasteiger partial charge is 0.255 e. The lowest BCUT2D eigenvalue weighted by Gasteiger charge is -2.14. The van der Waals surface area contributed by atoms with E-state index in [4.69, 9.17) is 17.3 Å². The molecule has 10 heteroatoms. The molecule has 0 aliphatic rings. The number of aryl methyl sites for hydroxylation is 1. The Balaban J connectivity index is 1.56. The van der Waals surface area contributed by atoms with Crippen LogP contribution < -0.4 is 16.6 Å². The lowest BCUT2D eigenvalue weighted by atomic mass is 10.1. The van der Waals surface area contributed by atoms with Gasteiger partial charge < -0.3 is 11.1 Å². The van der Waals surface area contributed by atoms with Crippen LogP contribution in [0.5, 0.6) is 0 Å². The molecule has 170 valence electrons. The highest BCUT2D eigenvalue weighted by Gasteiger charge is 2.13. The number of nitrogens with two attached hydrogens (primary N) is 1. The van der Waals surface area contributed by atoms with Crippen LogP contribution in [0.2, 0.25) is 4.34 Å². The fourth-order valence-electron chi connectivity index (χ4n) is 3.34. The fraction of sp³-hybridized carbons (Fsp3) is 0.217. The Kier molecular flexibility index (Phi) is 7.33. The quantitative estimate of drug-likeness (QED) is 0.263. The molecule has 0 unspecified atom stereocenters. The van der Waals surface area contributed by atoms with Crippen LogP contribution >= 0.6 is 22.9 Å². The van der Waals surface area contributed by atoms with E-state index in [1.54, 1.807) is 33.6 Å². The molecule has 0 amide bonds. The van der Waals surface area contributed by atoms with Crippen LogP contribution in [0, 0.1) is 0 Å². The number of aromatic nitrogens is 4. The van der Waals surface area contributed by atoms with Gasteiger partial charge in [0.1, 0.15) is 0 Å². The van der Waals surface area contributed by atoms with E-state index in [0.29, 0.717) is 40.8 Å². The molecular weight excluding hydrogens is 460 g/mol. The summed E-state index contributed by atoms with van der Waals surface area (Å²) in [7, 11) is 0. The lowest BCUT2D eigenvalue weighted by molar-refractivity contribution is 0.0986. The van der Waals surface area contributed by atoms with E-state index in [0.717, 1.165) is 23.5 Å². The zero-order chi connectivity index (χ0) is 23.2. The number of Topliss-reactive ketones (excluding diaryl/α,β-unsaturated/α-hetero) is 1. The number of pyridine rings is 1. The summed E-state index contributed by atoms with van der Waals surface area (Å²) < 4.78 is 3.84. The van der Waals surface area contributed by atoms with Gasteiger partial charge in [0.25, 0.3) is 5.56 Å².